The van der Waals surface area contributed by atoms with Crippen LogP contribution in [0, 0.1) is 0 Å². The number of rotatable bonds is 2. The zero-order chi connectivity index (χ0) is 28.8. The summed E-state index contributed by atoms with van der Waals surface area (Å²) >= 11 is 0. The van der Waals surface area contributed by atoms with Gasteiger partial charge in [0.2, 0.25) is 0 Å². The minimum Gasteiger partial charge on any atom is -0.456 e. The first kappa shape index (κ1) is 23.7. The van der Waals surface area contributed by atoms with Gasteiger partial charge in [-0.1, -0.05) is 109 Å². The van der Waals surface area contributed by atoms with Crippen molar-refractivity contribution < 1.29 is 9.47 Å². The monoisotopic (exact) mass is 560 g/mol. The Labute approximate surface area is 254 Å². The van der Waals surface area contributed by atoms with Gasteiger partial charge in [-0.05, 0) is 91.3 Å². The molecular weight excluding hydrogens is 536 g/mol. The summed E-state index contributed by atoms with van der Waals surface area (Å²) in [5.74, 6) is 3.65. The molecular formula is C42H24O2. The van der Waals surface area contributed by atoms with Crippen molar-refractivity contribution in [1.82, 2.24) is 0 Å². The molecule has 0 unspecified atom stereocenters. The van der Waals surface area contributed by atoms with Gasteiger partial charge in [-0.25, -0.2) is 0 Å². The molecule has 0 saturated carbocycles. The van der Waals surface area contributed by atoms with E-state index in [1.807, 2.05) is 24.3 Å². The zero-order valence-electron chi connectivity index (χ0n) is 23.7. The van der Waals surface area contributed by atoms with Crippen LogP contribution < -0.4 is 9.47 Å². The SMILES string of the molecule is c1ccc2c(c1)Oc1cccc3c(-c4ccc5cc(-c6ccc7c8c(cccc68)Oc6ccccc6-7)ccc5c4)ccc-2c13. The normalized spacial score (nSPS) is 12.5. The Bertz CT molecular complexity index is 2330. The second-order valence-electron chi connectivity index (χ2n) is 11.7. The van der Waals surface area contributed by atoms with Gasteiger partial charge >= 0.3 is 0 Å². The number of ether oxygens (including phenoxy) is 2. The predicted molar refractivity (Wildman–Crippen MR) is 181 cm³/mol. The molecule has 2 heterocycles. The fourth-order valence-electron chi connectivity index (χ4n) is 7.24. The van der Waals surface area contributed by atoms with Crippen LogP contribution in [0.25, 0.3) is 76.8 Å². The largest absolute Gasteiger partial charge is 0.456 e. The molecule has 10 rings (SSSR count). The molecule has 0 spiro atoms. The Morgan fingerprint density at radius 2 is 0.727 bits per heavy atom. The molecule has 0 bridgehead atoms. The van der Waals surface area contributed by atoms with Crippen LogP contribution in [0.3, 0.4) is 0 Å². The van der Waals surface area contributed by atoms with Crippen molar-refractivity contribution in [3.63, 3.8) is 0 Å². The molecule has 0 fully saturated rings. The summed E-state index contributed by atoms with van der Waals surface area (Å²) in [5.41, 5.74) is 9.55. The zero-order valence-corrected chi connectivity index (χ0v) is 23.7. The fraction of sp³-hybridized carbons (Fsp3) is 0. The molecule has 0 radical (unpaired) electrons. The highest BCUT2D eigenvalue weighted by Gasteiger charge is 2.23. The lowest BCUT2D eigenvalue weighted by atomic mass is 9.88. The first-order valence-corrected chi connectivity index (χ1v) is 15.0. The average Bonchev–Trinajstić information content (AvgIpc) is 3.08. The summed E-state index contributed by atoms with van der Waals surface area (Å²) in [6.07, 6.45) is 0. The van der Waals surface area contributed by atoms with Crippen molar-refractivity contribution in [2.24, 2.45) is 0 Å². The third-order valence-electron chi connectivity index (χ3n) is 9.26. The molecule has 8 aromatic rings. The Morgan fingerprint density at radius 3 is 1.23 bits per heavy atom. The Kier molecular flexibility index (Phi) is 4.75. The third-order valence-corrected chi connectivity index (χ3v) is 9.26. The van der Waals surface area contributed by atoms with Crippen molar-refractivity contribution in [2.75, 3.05) is 0 Å². The van der Waals surface area contributed by atoms with E-state index in [1.54, 1.807) is 0 Å². The smallest absolute Gasteiger partial charge is 0.135 e. The van der Waals surface area contributed by atoms with Crippen LogP contribution in [0.1, 0.15) is 0 Å². The van der Waals surface area contributed by atoms with E-state index >= 15 is 0 Å². The van der Waals surface area contributed by atoms with Gasteiger partial charge in [-0.2, -0.15) is 0 Å². The summed E-state index contributed by atoms with van der Waals surface area (Å²) < 4.78 is 12.7. The van der Waals surface area contributed by atoms with Crippen molar-refractivity contribution >= 4 is 32.3 Å². The van der Waals surface area contributed by atoms with Crippen molar-refractivity contribution in [3.8, 4) is 67.5 Å². The van der Waals surface area contributed by atoms with E-state index in [4.69, 9.17) is 9.47 Å². The van der Waals surface area contributed by atoms with Gasteiger partial charge in [-0.15, -0.1) is 0 Å². The molecule has 0 N–H and O–H groups in total. The quantitative estimate of drug-likeness (QED) is 0.209. The van der Waals surface area contributed by atoms with Crippen LogP contribution in [0.15, 0.2) is 146 Å². The van der Waals surface area contributed by atoms with Crippen molar-refractivity contribution in [2.45, 2.75) is 0 Å². The minimum atomic E-state index is 0.912. The van der Waals surface area contributed by atoms with E-state index in [1.165, 1.54) is 65.7 Å². The fourth-order valence-corrected chi connectivity index (χ4v) is 7.24. The first-order chi connectivity index (χ1) is 21.8. The van der Waals surface area contributed by atoms with E-state index < -0.39 is 0 Å². The molecule has 8 aromatic carbocycles. The summed E-state index contributed by atoms with van der Waals surface area (Å²) in [5, 5.41) is 7.19. The molecule has 44 heavy (non-hydrogen) atoms. The lowest BCUT2D eigenvalue weighted by Gasteiger charge is -2.22. The van der Waals surface area contributed by atoms with Crippen LogP contribution in [0.4, 0.5) is 0 Å². The van der Waals surface area contributed by atoms with Crippen LogP contribution in [0.2, 0.25) is 0 Å². The summed E-state index contributed by atoms with van der Waals surface area (Å²) in [6, 6.07) is 51.9. The van der Waals surface area contributed by atoms with Gasteiger partial charge in [0.05, 0.1) is 0 Å². The van der Waals surface area contributed by atoms with E-state index in [0.29, 0.717) is 0 Å². The number of para-hydroxylation sites is 2. The Balaban J connectivity index is 1.09. The minimum absolute atomic E-state index is 0.912. The maximum atomic E-state index is 6.33. The van der Waals surface area contributed by atoms with Gasteiger partial charge in [-0.3, -0.25) is 0 Å². The molecule has 2 nitrogen and oxygen atoms in total. The maximum Gasteiger partial charge on any atom is 0.135 e. The van der Waals surface area contributed by atoms with Crippen LogP contribution >= 0.6 is 0 Å². The summed E-state index contributed by atoms with van der Waals surface area (Å²) in [4.78, 5) is 0. The molecule has 0 amide bonds. The molecule has 2 heteroatoms. The first-order valence-electron chi connectivity index (χ1n) is 15.0. The molecule has 0 aromatic heterocycles. The number of fused-ring (bicyclic) bond motifs is 5. The van der Waals surface area contributed by atoms with Crippen molar-refractivity contribution in [3.05, 3.63) is 146 Å². The van der Waals surface area contributed by atoms with Crippen LogP contribution in [-0.2, 0) is 0 Å². The molecule has 0 aliphatic carbocycles. The standard InChI is InChI=1S/C42H24O2/c1-3-11-37-31(7-1)35-21-19-29(33-9-5-13-39(43-37)41(33)35)27-17-15-26-24-28(18-16-25(26)23-27)30-20-22-36-32-8-2-4-12-38(32)44-40-14-6-10-34(30)42(36)40/h1-24H. The van der Waals surface area contributed by atoms with E-state index in [0.717, 1.165) is 34.1 Å². The van der Waals surface area contributed by atoms with Gasteiger partial charge in [0.15, 0.2) is 0 Å². The highest BCUT2D eigenvalue weighted by Crippen LogP contribution is 2.50. The Morgan fingerprint density at radius 1 is 0.295 bits per heavy atom. The third kappa shape index (κ3) is 3.31. The topological polar surface area (TPSA) is 18.5 Å². The summed E-state index contributed by atoms with van der Waals surface area (Å²) in [6.45, 7) is 0. The highest BCUT2D eigenvalue weighted by molar-refractivity contribution is 6.12. The van der Waals surface area contributed by atoms with Crippen LogP contribution in [0.5, 0.6) is 23.0 Å². The van der Waals surface area contributed by atoms with Crippen molar-refractivity contribution in [1.29, 1.82) is 0 Å². The van der Waals surface area contributed by atoms with E-state index in [-0.39, 0.29) is 0 Å². The number of benzene rings is 8. The Hall–Kier alpha value is -5.86. The maximum absolute atomic E-state index is 6.33. The number of hydrogen-bond donors (Lipinski definition) is 0. The number of hydrogen-bond acceptors (Lipinski definition) is 2. The lowest BCUT2D eigenvalue weighted by molar-refractivity contribution is 0.487. The molecule has 0 atom stereocenters. The second kappa shape index (κ2) is 8.82. The summed E-state index contributed by atoms with van der Waals surface area (Å²) in [7, 11) is 0. The van der Waals surface area contributed by atoms with Gasteiger partial charge in [0.1, 0.15) is 23.0 Å². The average molecular weight is 561 g/mol. The predicted octanol–water partition coefficient (Wildman–Crippen LogP) is 12.0. The molecule has 0 saturated heterocycles. The van der Waals surface area contributed by atoms with Gasteiger partial charge in [0, 0.05) is 21.9 Å². The molecule has 204 valence electrons. The molecule has 2 aliphatic rings. The van der Waals surface area contributed by atoms with Gasteiger partial charge < -0.3 is 9.47 Å². The molecule has 2 aliphatic heterocycles. The highest BCUT2D eigenvalue weighted by atomic mass is 16.5. The second-order valence-corrected chi connectivity index (χ2v) is 11.7. The van der Waals surface area contributed by atoms with E-state index in [9.17, 15) is 0 Å². The van der Waals surface area contributed by atoms with Gasteiger partial charge in [0.25, 0.3) is 0 Å². The van der Waals surface area contributed by atoms with Crippen LogP contribution in [-0.4, -0.2) is 0 Å². The van der Waals surface area contributed by atoms with E-state index in [2.05, 4.69) is 121 Å². The lowest BCUT2D eigenvalue weighted by Crippen LogP contribution is -1.97.